The van der Waals surface area contributed by atoms with Gasteiger partial charge in [-0.2, -0.15) is 0 Å². The first kappa shape index (κ1) is 13.9. The van der Waals surface area contributed by atoms with E-state index in [1.54, 1.807) is 23.7 Å². The van der Waals surface area contributed by atoms with Crippen molar-refractivity contribution in [2.45, 2.75) is 26.8 Å². The number of hydrogen-bond donors (Lipinski definition) is 2. The summed E-state index contributed by atoms with van der Waals surface area (Å²) in [6, 6.07) is 2.32. The van der Waals surface area contributed by atoms with Crippen LogP contribution in [0.1, 0.15) is 34.0 Å². The minimum absolute atomic E-state index is 0.134. The molecule has 3 N–H and O–H groups in total. The molecule has 0 aliphatic carbocycles. The van der Waals surface area contributed by atoms with Gasteiger partial charge in [-0.15, -0.1) is 11.3 Å². The fourth-order valence-corrected chi connectivity index (χ4v) is 3.16. The van der Waals surface area contributed by atoms with Crippen molar-refractivity contribution in [1.29, 1.82) is 0 Å². The topological polar surface area (TPSA) is 63.8 Å². The molecule has 1 atom stereocenters. The molecule has 0 saturated carbocycles. The maximum Gasteiger partial charge on any atom is 0.155 e. The number of nitrogens with two attached hydrogens (primary N) is 1. The van der Waals surface area contributed by atoms with Gasteiger partial charge in [-0.1, -0.05) is 12.2 Å². The third-order valence-corrected chi connectivity index (χ3v) is 4.01. The molecular weight excluding hydrogens is 276 g/mol. The lowest BCUT2D eigenvalue weighted by molar-refractivity contribution is 0.867. The average Bonchev–Trinajstić information content (AvgIpc) is 2.69. The van der Waals surface area contributed by atoms with Crippen molar-refractivity contribution < 1.29 is 0 Å². The minimum Gasteiger partial charge on any atom is -0.388 e. The zero-order valence-corrected chi connectivity index (χ0v) is 12.7. The van der Waals surface area contributed by atoms with Crippen molar-refractivity contribution >= 4 is 34.4 Å². The summed E-state index contributed by atoms with van der Waals surface area (Å²) in [5.41, 5.74) is 7.46. The number of aryl methyl sites for hydroxylation is 2. The molecule has 2 rings (SSSR count). The Bertz CT molecular complexity index is 606. The molecule has 100 valence electrons. The van der Waals surface area contributed by atoms with Crippen LogP contribution in [0, 0.1) is 13.8 Å². The Labute approximate surface area is 122 Å². The van der Waals surface area contributed by atoms with E-state index in [4.69, 9.17) is 18.0 Å². The maximum absolute atomic E-state index is 5.65. The van der Waals surface area contributed by atoms with Crippen molar-refractivity contribution in [2.24, 2.45) is 5.73 Å². The normalized spacial score (nSPS) is 12.2. The van der Waals surface area contributed by atoms with Gasteiger partial charge < -0.3 is 11.1 Å². The first-order chi connectivity index (χ1) is 8.99. The second kappa shape index (κ2) is 5.63. The summed E-state index contributed by atoms with van der Waals surface area (Å²) < 4.78 is 0. The van der Waals surface area contributed by atoms with E-state index in [0.717, 1.165) is 0 Å². The molecule has 0 spiro atoms. The number of nitrogens with one attached hydrogen (secondary N) is 1. The first-order valence-corrected chi connectivity index (χ1v) is 7.15. The number of thiocarbonyl (C=S) groups is 1. The number of nitrogens with zero attached hydrogens (tertiary/aromatic N) is 2. The maximum atomic E-state index is 5.65. The van der Waals surface area contributed by atoms with Gasteiger partial charge in [0.25, 0.3) is 0 Å². The molecule has 2 heterocycles. The van der Waals surface area contributed by atoms with Crippen LogP contribution < -0.4 is 11.1 Å². The highest BCUT2D eigenvalue weighted by molar-refractivity contribution is 7.80. The SMILES string of the molecule is Cc1cc(C(C)Nc2nccnc2C(N)=S)c(C)s1. The van der Waals surface area contributed by atoms with Crippen molar-refractivity contribution in [3.63, 3.8) is 0 Å². The Morgan fingerprint density at radius 2 is 2.05 bits per heavy atom. The van der Waals surface area contributed by atoms with Crippen LogP contribution in [0.15, 0.2) is 18.5 Å². The summed E-state index contributed by atoms with van der Waals surface area (Å²) in [6.07, 6.45) is 3.22. The van der Waals surface area contributed by atoms with E-state index >= 15 is 0 Å². The second-order valence-electron chi connectivity index (χ2n) is 4.35. The Kier molecular flexibility index (Phi) is 4.11. The summed E-state index contributed by atoms with van der Waals surface area (Å²) in [7, 11) is 0. The van der Waals surface area contributed by atoms with Gasteiger partial charge in [0.2, 0.25) is 0 Å². The number of rotatable bonds is 4. The van der Waals surface area contributed by atoms with Gasteiger partial charge in [0.1, 0.15) is 10.7 Å². The first-order valence-electron chi connectivity index (χ1n) is 5.93. The van der Waals surface area contributed by atoms with Crippen molar-refractivity contribution in [1.82, 2.24) is 9.97 Å². The van der Waals surface area contributed by atoms with E-state index in [0.29, 0.717) is 11.5 Å². The smallest absolute Gasteiger partial charge is 0.155 e. The molecule has 19 heavy (non-hydrogen) atoms. The van der Waals surface area contributed by atoms with Crippen LogP contribution in [0.3, 0.4) is 0 Å². The summed E-state index contributed by atoms with van der Waals surface area (Å²) in [5, 5.41) is 3.33. The molecule has 0 saturated heterocycles. The van der Waals surface area contributed by atoms with Crippen LogP contribution >= 0.6 is 23.6 Å². The Balaban J connectivity index is 2.26. The average molecular weight is 292 g/mol. The lowest BCUT2D eigenvalue weighted by atomic mass is 10.1. The quantitative estimate of drug-likeness (QED) is 0.848. The van der Waals surface area contributed by atoms with E-state index in [9.17, 15) is 0 Å². The lowest BCUT2D eigenvalue weighted by Gasteiger charge is -2.16. The zero-order chi connectivity index (χ0) is 14.0. The number of aromatic nitrogens is 2. The highest BCUT2D eigenvalue weighted by atomic mass is 32.1. The van der Waals surface area contributed by atoms with Crippen molar-refractivity contribution in [3.05, 3.63) is 39.5 Å². The molecule has 1 unspecified atom stereocenters. The van der Waals surface area contributed by atoms with Crippen LogP contribution in [0.5, 0.6) is 0 Å². The second-order valence-corrected chi connectivity index (χ2v) is 6.25. The van der Waals surface area contributed by atoms with E-state index in [-0.39, 0.29) is 11.0 Å². The molecule has 0 fully saturated rings. The molecule has 0 aliphatic rings. The minimum atomic E-state index is 0.134. The van der Waals surface area contributed by atoms with Gasteiger partial charge in [0, 0.05) is 22.1 Å². The Morgan fingerprint density at radius 3 is 2.63 bits per heavy atom. The summed E-state index contributed by atoms with van der Waals surface area (Å²) in [6.45, 7) is 6.32. The molecule has 0 radical (unpaired) electrons. The van der Waals surface area contributed by atoms with Crippen molar-refractivity contribution in [3.8, 4) is 0 Å². The van der Waals surface area contributed by atoms with Gasteiger partial charge in [-0.25, -0.2) is 9.97 Å². The van der Waals surface area contributed by atoms with Crippen LogP contribution in [-0.2, 0) is 0 Å². The molecule has 0 bridgehead atoms. The molecule has 2 aromatic rings. The fourth-order valence-electron chi connectivity index (χ4n) is 1.99. The van der Waals surface area contributed by atoms with Crippen LogP contribution in [0.4, 0.5) is 5.82 Å². The van der Waals surface area contributed by atoms with E-state index in [1.165, 1.54) is 15.3 Å². The fraction of sp³-hybridized carbons (Fsp3) is 0.308. The zero-order valence-electron chi connectivity index (χ0n) is 11.1. The van der Waals surface area contributed by atoms with Gasteiger partial charge in [0.05, 0.1) is 6.04 Å². The molecule has 4 nitrogen and oxygen atoms in total. The molecule has 0 amide bonds. The largest absolute Gasteiger partial charge is 0.388 e. The summed E-state index contributed by atoms with van der Waals surface area (Å²) in [5.74, 6) is 0.630. The van der Waals surface area contributed by atoms with E-state index < -0.39 is 0 Å². The highest BCUT2D eigenvalue weighted by Gasteiger charge is 2.14. The summed E-state index contributed by atoms with van der Waals surface area (Å²) in [4.78, 5) is 11.3. The van der Waals surface area contributed by atoms with Gasteiger partial charge in [0.15, 0.2) is 5.82 Å². The third kappa shape index (κ3) is 3.08. The molecule has 6 heteroatoms. The van der Waals surface area contributed by atoms with E-state index in [2.05, 4.69) is 42.1 Å². The monoisotopic (exact) mass is 292 g/mol. The number of anilines is 1. The predicted molar refractivity (Wildman–Crippen MR) is 83.8 cm³/mol. The van der Waals surface area contributed by atoms with E-state index in [1.807, 2.05) is 0 Å². The summed E-state index contributed by atoms with van der Waals surface area (Å²) >= 11 is 6.78. The Hall–Kier alpha value is -1.53. The van der Waals surface area contributed by atoms with Gasteiger partial charge in [-0.05, 0) is 32.4 Å². The van der Waals surface area contributed by atoms with Crippen LogP contribution in [-0.4, -0.2) is 15.0 Å². The number of hydrogen-bond acceptors (Lipinski definition) is 5. The van der Waals surface area contributed by atoms with Gasteiger partial charge >= 0.3 is 0 Å². The number of thiophene rings is 1. The standard InChI is InChI=1S/C13H16N4S2/c1-7-6-10(9(3)19-7)8(2)17-13-11(12(14)18)15-4-5-16-13/h4-6,8H,1-3H3,(H2,14,18)(H,16,17). The third-order valence-electron chi connectivity index (χ3n) is 2.83. The van der Waals surface area contributed by atoms with Crippen molar-refractivity contribution in [2.75, 3.05) is 5.32 Å². The van der Waals surface area contributed by atoms with Crippen LogP contribution in [0.2, 0.25) is 0 Å². The molecule has 2 aromatic heterocycles. The van der Waals surface area contributed by atoms with Gasteiger partial charge in [-0.3, -0.25) is 0 Å². The lowest BCUT2D eigenvalue weighted by Crippen LogP contribution is -2.17. The Morgan fingerprint density at radius 1 is 1.37 bits per heavy atom. The molecule has 0 aliphatic heterocycles. The molecular formula is C13H16N4S2. The predicted octanol–water partition coefficient (Wildman–Crippen LogP) is 2.96. The highest BCUT2D eigenvalue weighted by Crippen LogP contribution is 2.28. The van der Waals surface area contributed by atoms with Crippen LogP contribution in [0.25, 0.3) is 0 Å². The molecule has 0 aromatic carbocycles.